The summed E-state index contributed by atoms with van der Waals surface area (Å²) < 4.78 is 11.9. The van der Waals surface area contributed by atoms with Crippen LogP contribution in [0.4, 0.5) is 5.13 Å². The molecule has 0 aliphatic carbocycles. The predicted molar refractivity (Wildman–Crippen MR) is 93.2 cm³/mol. The molecule has 0 saturated carbocycles. The number of ether oxygens (including phenoxy) is 2. The van der Waals surface area contributed by atoms with E-state index in [1.165, 1.54) is 11.3 Å². The first kappa shape index (κ1) is 15.0. The van der Waals surface area contributed by atoms with Crippen molar-refractivity contribution >= 4 is 44.2 Å². The van der Waals surface area contributed by atoms with Crippen LogP contribution >= 0.6 is 22.9 Å². The zero-order valence-electron chi connectivity index (χ0n) is 12.3. The molecule has 0 spiro atoms. The van der Waals surface area contributed by atoms with Crippen LogP contribution in [-0.4, -0.2) is 24.1 Å². The molecule has 2 heterocycles. The van der Waals surface area contributed by atoms with Crippen LogP contribution in [0.5, 0.6) is 11.5 Å². The third-order valence-corrected chi connectivity index (χ3v) is 4.61. The van der Waals surface area contributed by atoms with Gasteiger partial charge in [-0.2, -0.15) is 0 Å². The van der Waals surface area contributed by atoms with Gasteiger partial charge in [0.15, 0.2) is 11.5 Å². The molecule has 3 aromatic rings. The van der Waals surface area contributed by atoms with E-state index in [4.69, 9.17) is 21.1 Å². The van der Waals surface area contributed by atoms with Crippen LogP contribution in [0.1, 0.15) is 10.4 Å². The Hall–Kier alpha value is -2.51. The zero-order chi connectivity index (χ0) is 16.5. The van der Waals surface area contributed by atoms with Crippen molar-refractivity contribution in [2.45, 2.75) is 0 Å². The summed E-state index contributed by atoms with van der Waals surface area (Å²) in [5, 5.41) is 1.23. The number of nitrogens with zero attached hydrogens (tertiary/aromatic N) is 1. The van der Waals surface area contributed by atoms with Crippen molar-refractivity contribution in [1.29, 1.82) is 0 Å². The molecule has 0 bridgehead atoms. The third kappa shape index (κ3) is 2.95. The van der Waals surface area contributed by atoms with Crippen molar-refractivity contribution in [1.82, 2.24) is 10.4 Å². The lowest BCUT2D eigenvalue weighted by atomic mass is 10.2. The molecule has 0 atom stereocenters. The van der Waals surface area contributed by atoms with E-state index in [-0.39, 0.29) is 5.91 Å². The average Bonchev–Trinajstić information content (AvgIpc) is 3.01. The lowest BCUT2D eigenvalue weighted by Crippen LogP contribution is -2.29. The second kappa shape index (κ2) is 6.18. The molecule has 122 valence electrons. The van der Waals surface area contributed by atoms with Crippen molar-refractivity contribution in [3.05, 3.63) is 47.0 Å². The molecule has 1 aliphatic heterocycles. The van der Waals surface area contributed by atoms with Crippen molar-refractivity contribution in [3.63, 3.8) is 0 Å². The van der Waals surface area contributed by atoms with Gasteiger partial charge in [-0.3, -0.25) is 15.6 Å². The summed E-state index contributed by atoms with van der Waals surface area (Å²) in [5.41, 5.74) is 6.74. The van der Waals surface area contributed by atoms with Gasteiger partial charge in [0.2, 0.25) is 5.13 Å². The molecule has 2 N–H and O–H groups in total. The Bertz CT molecular complexity index is 928. The molecule has 8 heteroatoms. The number of nitrogens with one attached hydrogen (secondary N) is 2. The van der Waals surface area contributed by atoms with Crippen LogP contribution in [0.2, 0.25) is 5.02 Å². The van der Waals surface area contributed by atoms with Crippen molar-refractivity contribution in [3.8, 4) is 11.5 Å². The number of hydrazine groups is 1. The molecule has 4 rings (SSSR count). The van der Waals surface area contributed by atoms with E-state index in [9.17, 15) is 4.79 Å². The summed E-state index contributed by atoms with van der Waals surface area (Å²) in [5.74, 6) is 0.932. The highest BCUT2D eigenvalue weighted by atomic mass is 35.5. The van der Waals surface area contributed by atoms with E-state index in [0.717, 1.165) is 10.2 Å². The maximum Gasteiger partial charge on any atom is 0.269 e. The van der Waals surface area contributed by atoms with Crippen LogP contribution < -0.4 is 20.3 Å². The number of carbonyl (C=O) groups excluding carboxylic acids is 1. The first-order valence-electron chi connectivity index (χ1n) is 7.21. The van der Waals surface area contributed by atoms with E-state index in [1.807, 2.05) is 12.1 Å². The number of hydrogen-bond acceptors (Lipinski definition) is 6. The minimum atomic E-state index is -0.288. The molecule has 1 aliphatic rings. The first-order chi connectivity index (χ1) is 11.7. The molecule has 0 saturated heterocycles. The summed E-state index contributed by atoms with van der Waals surface area (Å²) in [6.07, 6.45) is 0. The quantitative estimate of drug-likeness (QED) is 0.699. The molecule has 24 heavy (non-hydrogen) atoms. The predicted octanol–water partition coefficient (Wildman–Crippen LogP) is 3.48. The average molecular weight is 362 g/mol. The van der Waals surface area contributed by atoms with E-state index in [1.54, 1.807) is 24.3 Å². The van der Waals surface area contributed by atoms with E-state index >= 15 is 0 Å². The largest absolute Gasteiger partial charge is 0.486 e. The summed E-state index contributed by atoms with van der Waals surface area (Å²) in [7, 11) is 0. The molecule has 1 aromatic heterocycles. The number of amides is 1. The maximum absolute atomic E-state index is 12.3. The Balaban J connectivity index is 1.47. The van der Waals surface area contributed by atoms with Gasteiger partial charge < -0.3 is 9.47 Å². The summed E-state index contributed by atoms with van der Waals surface area (Å²) in [6, 6.07) is 10.5. The lowest BCUT2D eigenvalue weighted by molar-refractivity contribution is 0.0961. The molecule has 0 fully saturated rings. The number of benzene rings is 2. The summed E-state index contributed by atoms with van der Waals surface area (Å²) in [4.78, 5) is 16.6. The van der Waals surface area contributed by atoms with Gasteiger partial charge in [0.25, 0.3) is 5.91 Å². The molecular weight excluding hydrogens is 350 g/mol. The van der Waals surface area contributed by atoms with Gasteiger partial charge in [0, 0.05) is 10.6 Å². The van der Waals surface area contributed by atoms with Gasteiger partial charge in [-0.25, -0.2) is 4.98 Å². The van der Waals surface area contributed by atoms with Crippen molar-refractivity contribution in [2.75, 3.05) is 18.6 Å². The minimum absolute atomic E-state index is 0.288. The van der Waals surface area contributed by atoms with Crippen molar-refractivity contribution < 1.29 is 14.3 Å². The normalized spacial score (nSPS) is 12.9. The topological polar surface area (TPSA) is 72.5 Å². The maximum atomic E-state index is 12.3. The minimum Gasteiger partial charge on any atom is -0.486 e. The lowest BCUT2D eigenvalue weighted by Gasteiger charge is -2.18. The van der Waals surface area contributed by atoms with Gasteiger partial charge in [-0.05, 0) is 36.4 Å². The summed E-state index contributed by atoms with van der Waals surface area (Å²) >= 11 is 7.37. The van der Waals surface area contributed by atoms with Crippen molar-refractivity contribution in [2.24, 2.45) is 0 Å². The fraction of sp³-hybridized carbons (Fsp3) is 0.125. The van der Waals surface area contributed by atoms with E-state index in [0.29, 0.717) is 40.4 Å². The van der Waals surface area contributed by atoms with Crippen LogP contribution in [-0.2, 0) is 0 Å². The van der Waals surface area contributed by atoms with Gasteiger partial charge in [0.05, 0.1) is 10.2 Å². The van der Waals surface area contributed by atoms with E-state index in [2.05, 4.69) is 15.8 Å². The Morgan fingerprint density at radius 1 is 1.12 bits per heavy atom. The van der Waals surface area contributed by atoms with E-state index < -0.39 is 0 Å². The number of halogens is 1. The second-order valence-electron chi connectivity index (χ2n) is 5.07. The summed E-state index contributed by atoms with van der Waals surface area (Å²) in [6.45, 7) is 0.992. The number of fused-ring (bicyclic) bond motifs is 2. The smallest absolute Gasteiger partial charge is 0.269 e. The highest BCUT2D eigenvalue weighted by molar-refractivity contribution is 7.22. The molecule has 0 radical (unpaired) electrons. The molecule has 1 amide bonds. The van der Waals surface area contributed by atoms with Gasteiger partial charge >= 0.3 is 0 Å². The molecule has 2 aromatic carbocycles. The first-order valence-corrected chi connectivity index (χ1v) is 8.40. The van der Waals surface area contributed by atoms with Crippen LogP contribution in [0.15, 0.2) is 36.4 Å². The Morgan fingerprint density at radius 3 is 2.83 bits per heavy atom. The van der Waals surface area contributed by atoms with Gasteiger partial charge in [-0.1, -0.05) is 22.9 Å². The molecule has 6 nitrogen and oxygen atoms in total. The van der Waals surface area contributed by atoms with Crippen LogP contribution in [0.25, 0.3) is 10.2 Å². The highest BCUT2D eigenvalue weighted by Gasteiger charge is 2.15. The number of thiazole rings is 1. The Morgan fingerprint density at radius 2 is 1.96 bits per heavy atom. The highest BCUT2D eigenvalue weighted by Crippen LogP contribution is 2.31. The number of anilines is 1. The van der Waals surface area contributed by atoms with Gasteiger partial charge in [0.1, 0.15) is 13.2 Å². The number of hydrogen-bond donors (Lipinski definition) is 2. The Kier molecular flexibility index (Phi) is 3.87. The fourth-order valence-corrected chi connectivity index (χ4v) is 3.41. The monoisotopic (exact) mass is 361 g/mol. The number of aromatic nitrogens is 1. The third-order valence-electron chi connectivity index (χ3n) is 3.44. The zero-order valence-corrected chi connectivity index (χ0v) is 13.9. The fourth-order valence-electron chi connectivity index (χ4n) is 2.32. The molecule has 0 unspecified atom stereocenters. The number of rotatable bonds is 3. The Labute approximate surface area is 146 Å². The standard InChI is InChI=1S/C16H12ClN3O3S/c17-10-2-3-11-14(8-10)24-16(18-11)20-19-15(21)9-1-4-12-13(7-9)23-6-5-22-12/h1-4,7-8H,5-6H2,(H,18,20)(H,19,21). The van der Waals surface area contributed by atoms with Crippen LogP contribution in [0.3, 0.4) is 0 Å². The second-order valence-corrected chi connectivity index (χ2v) is 6.54. The van der Waals surface area contributed by atoms with Crippen LogP contribution in [0, 0.1) is 0 Å². The van der Waals surface area contributed by atoms with Gasteiger partial charge in [-0.15, -0.1) is 0 Å². The number of carbonyl (C=O) groups is 1. The molecular formula is C16H12ClN3O3S. The SMILES string of the molecule is O=C(NNc1nc2ccc(Cl)cc2s1)c1ccc2c(c1)OCCO2.